The summed E-state index contributed by atoms with van der Waals surface area (Å²) in [6.07, 6.45) is 1.33. The van der Waals surface area contributed by atoms with Crippen LogP contribution in [0.15, 0.2) is 30.3 Å². The molecule has 0 aromatic heterocycles. The molecule has 1 atom stereocenters. The van der Waals surface area contributed by atoms with Gasteiger partial charge in [-0.05, 0) is 30.4 Å². The summed E-state index contributed by atoms with van der Waals surface area (Å²) in [6.45, 7) is 8.38. The number of likely N-dealkylation sites (tertiary alicyclic amines) is 1. The zero-order chi connectivity index (χ0) is 10.7. The SMILES string of the molecule is CC(C)CN1CC[C@@H](c2ccccc2)C1. The van der Waals surface area contributed by atoms with Crippen LogP contribution in [0, 0.1) is 5.92 Å². The van der Waals surface area contributed by atoms with E-state index in [0.29, 0.717) is 0 Å². The highest BCUT2D eigenvalue weighted by molar-refractivity contribution is 5.20. The fourth-order valence-electron chi connectivity index (χ4n) is 2.51. The molecule has 0 saturated carbocycles. The van der Waals surface area contributed by atoms with Crippen molar-refractivity contribution in [3.8, 4) is 0 Å². The van der Waals surface area contributed by atoms with Crippen LogP contribution in [-0.2, 0) is 0 Å². The fraction of sp³-hybridized carbons (Fsp3) is 0.571. The summed E-state index contributed by atoms with van der Waals surface area (Å²) in [4.78, 5) is 2.60. The summed E-state index contributed by atoms with van der Waals surface area (Å²) in [7, 11) is 0. The van der Waals surface area contributed by atoms with Gasteiger partial charge in [-0.2, -0.15) is 0 Å². The van der Waals surface area contributed by atoms with E-state index in [9.17, 15) is 0 Å². The van der Waals surface area contributed by atoms with Gasteiger partial charge in [0.15, 0.2) is 0 Å². The van der Waals surface area contributed by atoms with Gasteiger partial charge in [0, 0.05) is 13.1 Å². The molecule has 1 aliphatic rings. The summed E-state index contributed by atoms with van der Waals surface area (Å²) in [6, 6.07) is 10.9. The lowest BCUT2D eigenvalue weighted by Crippen LogP contribution is -2.24. The molecular weight excluding hydrogens is 182 g/mol. The van der Waals surface area contributed by atoms with E-state index in [1.165, 1.54) is 31.6 Å². The number of nitrogens with zero attached hydrogens (tertiary/aromatic N) is 1. The van der Waals surface area contributed by atoms with Crippen LogP contribution in [0.1, 0.15) is 31.7 Å². The van der Waals surface area contributed by atoms with Gasteiger partial charge >= 0.3 is 0 Å². The monoisotopic (exact) mass is 203 g/mol. The van der Waals surface area contributed by atoms with Gasteiger partial charge < -0.3 is 4.90 Å². The summed E-state index contributed by atoms with van der Waals surface area (Å²) >= 11 is 0. The van der Waals surface area contributed by atoms with Crippen molar-refractivity contribution in [3.05, 3.63) is 35.9 Å². The Kier molecular flexibility index (Phi) is 3.42. The first kappa shape index (κ1) is 10.7. The molecule has 0 aliphatic carbocycles. The second-order valence-corrected chi connectivity index (χ2v) is 5.05. The molecule has 0 radical (unpaired) electrons. The van der Waals surface area contributed by atoms with Gasteiger partial charge in [-0.1, -0.05) is 44.2 Å². The van der Waals surface area contributed by atoms with E-state index in [-0.39, 0.29) is 0 Å². The minimum atomic E-state index is 0.768. The van der Waals surface area contributed by atoms with Gasteiger partial charge in [0.2, 0.25) is 0 Å². The second kappa shape index (κ2) is 4.80. The third kappa shape index (κ3) is 2.82. The highest BCUT2D eigenvalue weighted by Gasteiger charge is 2.23. The number of rotatable bonds is 3. The first-order chi connectivity index (χ1) is 7.25. The number of hydrogen-bond donors (Lipinski definition) is 0. The van der Waals surface area contributed by atoms with Gasteiger partial charge in [-0.3, -0.25) is 0 Å². The molecule has 15 heavy (non-hydrogen) atoms. The largest absolute Gasteiger partial charge is 0.302 e. The molecule has 1 saturated heterocycles. The molecule has 0 bridgehead atoms. The second-order valence-electron chi connectivity index (χ2n) is 5.05. The zero-order valence-corrected chi connectivity index (χ0v) is 9.82. The molecule has 0 unspecified atom stereocenters. The van der Waals surface area contributed by atoms with Crippen LogP contribution < -0.4 is 0 Å². The molecule has 1 nitrogen and oxygen atoms in total. The van der Waals surface area contributed by atoms with Gasteiger partial charge in [0.25, 0.3) is 0 Å². The van der Waals surface area contributed by atoms with Gasteiger partial charge in [0.05, 0.1) is 0 Å². The first-order valence-corrected chi connectivity index (χ1v) is 6.03. The Labute approximate surface area is 93.1 Å². The van der Waals surface area contributed by atoms with E-state index in [0.717, 1.165) is 11.8 Å². The minimum absolute atomic E-state index is 0.768. The Hall–Kier alpha value is -0.820. The molecule has 1 fully saturated rings. The molecule has 2 rings (SSSR count). The van der Waals surface area contributed by atoms with E-state index in [4.69, 9.17) is 0 Å². The lowest BCUT2D eigenvalue weighted by atomic mass is 9.99. The summed E-state index contributed by atoms with van der Waals surface area (Å²) in [5.74, 6) is 1.56. The molecule has 1 aliphatic heterocycles. The van der Waals surface area contributed by atoms with Crippen molar-refractivity contribution in [2.24, 2.45) is 5.92 Å². The van der Waals surface area contributed by atoms with Crippen LogP contribution in [0.3, 0.4) is 0 Å². The van der Waals surface area contributed by atoms with Crippen LogP contribution in [-0.4, -0.2) is 24.5 Å². The first-order valence-electron chi connectivity index (χ1n) is 6.03. The van der Waals surface area contributed by atoms with E-state index < -0.39 is 0 Å². The van der Waals surface area contributed by atoms with Gasteiger partial charge in [-0.25, -0.2) is 0 Å². The molecular formula is C14H21N. The molecule has 0 N–H and O–H groups in total. The molecule has 1 aromatic carbocycles. The van der Waals surface area contributed by atoms with Crippen molar-refractivity contribution < 1.29 is 0 Å². The van der Waals surface area contributed by atoms with Crippen LogP contribution in [0.4, 0.5) is 0 Å². The summed E-state index contributed by atoms with van der Waals surface area (Å²) in [5, 5.41) is 0. The van der Waals surface area contributed by atoms with E-state index >= 15 is 0 Å². The highest BCUT2D eigenvalue weighted by Crippen LogP contribution is 2.27. The van der Waals surface area contributed by atoms with Crippen LogP contribution in [0.5, 0.6) is 0 Å². The highest BCUT2D eigenvalue weighted by atomic mass is 15.1. The van der Waals surface area contributed by atoms with Crippen LogP contribution in [0.25, 0.3) is 0 Å². The van der Waals surface area contributed by atoms with Gasteiger partial charge in [0.1, 0.15) is 0 Å². The fourth-order valence-corrected chi connectivity index (χ4v) is 2.51. The standard InChI is InChI=1S/C14H21N/c1-12(2)10-15-9-8-14(11-15)13-6-4-3-5-7-13/h3-7,12,14H,8-11H2,1-2H3/t14-/m1/s1. The maximum absolute atomic E-state index is 2.60. The Balaban J connectivity index is 1.93. The molecule has 1 aromatic rings. The van der Waals surface area contributed by atoms with Crippen molar-refractivity contribution in [1.82, 2.24) is 4.90 Å². The van der Waals surface area contributed by atoms with Crippen molar-refractivity contribution in [3.63, 3.8) is 0 Å². The normalized spacial score (nSPS) is 22.5. The lowest BCUT2D eigenvalue weighted by Gasteiger charge is -2.18. The van der Waals surface area contributed by atoms with Crippen LogP contribution >= 0.6 is 0 Å². The lowest BCUT2D eigenvalue weighted by molar-refractivity contribution is 0.295. The average Bonchev–Trinajstić information content (AvgIpc) is 2.67. The Morgan fingerprint density at radius 3 is 2.67 bits per heavy atom. The van der Waals surface area contributed by atoms with E-state index in [1.54, 1.807) is 0 Å². The third-order valence-electron chi connectivity index (χ3n) is 3.17. The molecule has 82 valence electrons. The zero-order valence-electron chi connectivity index (χ0n) is 9.82. The maximum Gasteiger partial charge on any atom is 0.00509 e. The summed E-state index contributed by atoms with van der Waals surface area (Å²) in [5.41, 5.74) is 1.52. The Morgan fingerprint density at radius 2 is 2.00 bits per heavy atom. The van der Waals surface area contributed by atoms with E-state index in [2.05, 4.69) is 49.1 Å². The average molecular weight is 203 g/mol. The van der Waals surface area contributed by atoms with Crippen LogP contribution in [0.2, 0.25) is 0 Å². The smallest absolute Gasteiger partial charge is 0.00509 e. The molecule has 0 spiro atoms. The quantitative estimate of drug-likeness (QED) is 0.729. The molecule has 1 heterocycles. The van der Waals surface area contributed by atoms with Crippen molar-refractivity contribution >= 4 is 0 Å². The van der Waals surface area contributed by atoms with E-state index in [1.807, 2.05) is 0 Å². The van der Waals surface area contributed by atoms with Crippen molar-refractivity contribution in [2.45, 2.75) is 26.2 Å². The number of hydrogen-bond acceptors (Lipinski definition) is 1. The summed E-state index contributed by atoms with van der Waals surface area (Å²) < 4.78 is 0. The number of benzene rings is 1. The topological polar surface area (TPSA) is 3.24 Å². The molecule has 0 amide bonds. The van der Waals surface area contributed by atoms with Crippen molar-refractivity contribution in [2.75, 3.05) is 19.6 Å². The predicted octanol–water partition coefficient (Wildman–Crippen LogP) is 3.13. The third-order valence-corrected chi connectivity index (χ3v) is 3.17. The molecule has 1 heteroatoms. The maximum atomic E-state index is 2.60. The predicted molar refractivity (Wildman–Crippen MR) is 65.1 cm³/mol. The Morgan fingerprint density at radius 1 is 1.27 bits per heavy atom. The van der Waals surface area contributed by atoms with Crippen molar-refractivity contribution in [1.29, 1.82) is 0 Å². The Bertz CT molecular complexity index is 291. The van der Waals surface area contributed by atoms with Gasteiger partial charge in [-0.15, -0.1) is 0 Å². The minimum Gasteiger partial charge on any atom is -0.302 e.